The third kappa shape index (κ3) is 5.47. The quantitative estimate of drug-likeness (QED) is 0.649. The zero-order valence-corrected chi connectivity index (χ0v) is 10.6. The molecule has 1 aliphatic carbocycles. The first-order chi connectivity index (χ1) is 7.63. The first kappa shape index (κ1) is 13.5. The Labute approximate surface area is 98.1 Å². The predicted octanol–water partition coefficient (Wildman–Crippen LogP) is 0.916. The zero-order valence-electron chi connectivity index (χ0n) is 10.6. The molecule has 0 aliphatic heterocycles. The molecule has 1 atom stereocenters. The monoisotopic (exact) mass is 228 g/mol. The van der Waals surface area contributed by atoms with Gasteiger partial charge in [0, 0.05) is 18.7 Å². The van der Waals surface area contributed by atoms with Crippen LogP contribution in [0.2, 0.25) is 0 Å². The van der Waals surface area contributed by atoms with Gasteiger partial charge in [-0.25, -0.2) is 0 Å². The van der Waals surface area contributed by atoms with Crippen molar-refractivity contribution in [2.75, 3.05) is 19.8 Å². The Morgan fingerprint density at radius 3 is 2.62 bits per heavy atom. The molecule has 0 aromatic rings. The first-order valence-electron chi connectivity index (χ1n) is 6.24. The number of hydrogen-bond acceptors (Lipinski definition) is 3. The first-order valence-corrected chi connectivity index (χ1v) is 6.24. The maximum absolute atomic E-state index is 11.5. The van der Waals surface area contributed by atoms with Crippen molar-refractivity contribution in [3.8, 4) is 0 Å². The topological polar surface area (TPSA) is 50.4 Å². The fourth-order valence-corrected chi connectivity index (χ4v) is 1.46. The van der Waals surface area contributed by atoms with Crippen LogP contribution in [0.25, 0.3) is 0 Å². The van der Waals surface area contributed by atoms with E-state index in [2.05, 4.69) is 24.5 Å². The molecule has 2 N–H and O–H groups in total. The Kier molecular flexibility index (Phi) is 5.77. The van der Waals surface area contributed by atoms with Gasteiger partial charge in [-0.3, -0.25) is 4.79 Å². The summed E-state index contributed by atoms with van der Waals surface area (Å²) in [5.74, 6) is 0.574. The molecule has 1 amide bonds. The van der Waals surface area contributed by atoms with Crippen molar-refractivity contribution in [1.29, 1.82) is 0 Å². The molecule has 0 heterocycles. The summed E-state index contributed by atoms with van der Waals surface area (Å²) in [6.45, 7) is 8.04. The van der Waals surface area contributed by atoms with Gasteiger partial charge in [-0.2, -0.15) is 0 Å². The summed E-state index contributed by atoms with van der Waals surface area (Å²) >= 11 is 0. The van der Waals surface area contributed by atoms with Crippen LogP contribution in [-0.4, -0.2) is 37.7 Å². The summed E-state index contributed by atoms with van der Waals surface area (Å²) in [6, 6.07) is 0.698. The molecule has 94 valence electrons. The van der Waals surface area contributed by atoms with E-state index in [4.69, 9.17) is 4.74 Å². The van der Waals surface area contributed by atoms with Crippen molar-refractivity contribution < 1.29 is 9.53 Å². The maximum atomic E-state index is 11.5. The average molecular weight is 228 g/mol. The molecule has 1 unspecified atom stereocenters. The van der Waals surface area contributed by atoms with E-state index >= 15 is 0 Å². The lowest BCUT2D eigenvalue weighted by atomic mass is 10.1. The Morgan fingerprint density at radius 2 is 2.12 bits per heavy atom. The molecule has 0 bridgehead atoms. The molecular weight excluding hydrogens is 204 g/mol. The maximum Gasteiger partial charge on any atom is 0.234 e. The lowest BCUT2D eigenvalue weighted by molar-refractivity contribution is -0.120. The lowest BCUT2D eigenvalue weighted by Gasteiger charge is -2.21. The van der Waals surface area contributed by atoms with E-state index < -0.39 is 0 Å². The fraction of sp³-hybridized carbons (Fsp3) is 0.917. The van der Waals surface area contributed by atoms with Gasteiger partial charge in [-0.15, -0.1) is 0 Å². The molecule has 0 spiro atoms. The molecule has 0 aromatic carbocycles. The smallest absolute Gasteiger partial charge is 0.234 e. The third-order valence-corrected chi connectivity index (χ3v) is 2.77. The summed E-state index contributed by atoms with van der Waals surface area (Å²) in [4.78, 5) is 11.5. The summed E-state index contributed by atoms with van der Waals surface area (Å²) in [5.41, 5.74) is 0. The minimum absolute atomic E-state index is 0.102. The normalized spacial score (nSPS) is 17.5. The highest BCUT2D eigenvalue weighted by molar-refractivity contribution is 5.78. The van der Waals surface area contributed by atoms with E-state index in [1.54, 1.807) is 0 Å². The number of hydrogen-bond donors (Lipinski definition) is 2. The van der Waals surface area contributed by atoms with Gasteiger partial charge in [0.25, 0.3) is 0 Å². The van der Waals surface area contributed by atoms with Gasteiger partial charge in [-0.1, -0.05) is 13.8 Å². The van der Waals surface area contributed by atoms with Crippen LogP contribution < -0.4 is 10.6 Å². The summed E-state index contributed by atoms with van der Waals surface area (Å²) in [6.07, 6.45) is 2.27. The van der Waals surface area contributed by atoms with Crippen LogP contribution in [-0.2, 0) is 9.53 Å². The van der Waals surface area contributed by atoms with Gasteiger partial charge < -0.3 is 15.4 Å². The number of amides is 1. The van der Waals surface area contributed by atoms with Crippen molar-refractivity contribution in [1.82, 2.24) is 10.6 Å². The predicted molar refractivity (Wildman–Crippen MR) is 64.3 cm³/mol. The van der Waals surface area contributed by atoms with Gasteiger partial charge in [0.05, 0.1) is 13.2 Å². The molecule has 1 rings (SSSR count). The molecule has 0 saturated heterocycles. The van der Waals surface area contributed by atoms with Crippen molar-refractivity contribution in [3.63, 3.8) is 0 Å². The van der Waals surface area contributed by atoms with E-state index in [-0.39, 0.29) is 11.9 Å². The second kappa shape index (κ2) is 6.86. The Morgan fingerprint density at radius 1 is 1.44 bits per heavy atom. The molecule has 0 aromatic heterocycles. The molecule has 4 heteroatoms. The molecule has 1 fully saturated rings. The average Bonchev–Trinajstić information content (AvgIpc) is 3.01. The van der Waals surface area contributed by atoms with E-state index in [9.17, 15) is 4.79 Å². The largest absolute Gasteiger partial charge is 0.380 e. The highest BCUT2D eigenvalue weighted by Gasteiger charge is 2.23. The molecule has 0 radical (unpaired) electrons. The lowest BCUT2D eigenvalue weighted by Crippen LogP contribution is -2.44. The number of carbonyl (C=O) groups excluding carboxylic acids is 1. The van der Waals surface area contributed by atoms with Gasteiger partial charge in [0.2, 0.25) is 5.91 Å². The summed E-state index contributed by atoms with van der Waals surface area (Å²) in [5, 5.41) is 6.21. The van der Waals surface area contributed by atoms with Crippen molar-refractivity contribution in [2.45, 2.75) is 45.7 Å². The summed E-state index contributed by atoms with van der Waals surface area (Å²) < 4.78 is 5.39. The van der Waals surface area contributed by atoms with Crippen LogP contribution in [0, 0.1) is 5.92 Å². The van der Waals surface area contributed by atoms with Gasteiger partial charge in [0.1, 0.15) is 0 Å². The van der Waals surface area contributed by atoms with Crippen molar-refractivity contribution in [2.24, 2.45) is 5.92 Å². The number of nitrogens with one attached hydrogen (secondary N) is 2. The second-order valence-electron chi connectivity index (χ2n) is 4.73. The standard InChI is InChI=1S/C12H24N2O2/c1-4-16-8-11(9(2)3)13-7-12(15)14-10-5-6-10/h9-11,13H,4-8H2,1-3H3,(H,14,15). The van der Waals surface area contributed by atoms with Gasteiger partial charge in [-0.05, 0) is 25.7 Å². The van der Waals surface area contributed by atoms with E-state index in [0.29, 0.717) is 25.1 Å². The number of carbonyl (C=O) groups is 1. The zero-order chi connectivity index (χ0) is 12.0. The van der Waals surface area contributed by atoms with Crippen LogP contribution in [0.1, 0.15) is 33.6 Å². The highest BCUT2D eigenvalue weighted by atomic mass is 16.5. The van der Waals surface area contributed by atoms with E-state index in [1.807, 2.05) is 6.92 Å². The van der Waals surface area contributed by atoms with Crippen LogP contribution >= 0.6 is 0 Å². The number of ether oxygens (including phenoxy) is 1. The second-order valence-corrected chi connectivity index (χ2v) is 4.73. The molecule has 1 aliphatic rings. The van der Waals surface area contributed by atoms with E-state index in [0.717, 1.165) is 19.4 Å². The highest BCUT2D eigenvalue weighted by Crippen LogP contribution is 2.18. The molecule has 4 nitrogen and oxygen atoms in total. The van der Waals surface area contributed by atoms with Crippen LogP contribution in [0.3, 0.4) is 0 Å². The Bertz CT molecular complexity index is 215. The van der Waals surface area contributed by atoms with Crippen LogP contribution in [0.15, 0.2) is 0 Å². The number of rotatable bonds is 8. The minimum atomic E-state index is 0.102. The SMILES string of the molecule is CCOCC(NCC(=O)NC1CC1)C(C)C. The molecule has 1 saturated carbocycles. The summed E-state index contributed by atoms with van der Waals surface area (Å²) in [7, 11) is 0. The fourth-order valence-electron chi connectivity index (χ4n) is 1.46. The third-order valence-electron chi connectivity index (χ3n) is 2.77. The Hall–Kier alpha value is -0.610. The van der Waals surface area contributed by atoms with Crippen molar-refractivity contribution in [3.05, 3.63) is 0 Å². The van der Waals surface area contributed by atoms with Gasteiger partial charge in [0.15, 0.2) is 0 Å². The van der Waals surface area contributed by atoms with Crippen LogP contribution in [0.4, 0.5) is 0 Å². The Balaban J connectivity index is 2.16. The molecular formula is C12H24N2O2. The van der Waals surface area contributed by atoms with Crippen LogP contribution in [0.5, 0.6) is 0 Å². The van der Waals surface area contributed by atoms with Crippen molar-refractivity contribution >= 4 is 5.91 Å². The minimum Gasteiger partial charge on any atom is -0.380 e. The van der Waals surface area contributed by atoms with Gasteiger partial charge >= 0.3 is 0 Å². The van der Waals surface area contributed by atoms with E-state index in [1.165, 1.54) is 0 Å². The molecule has 16 heavy (non-hydrogen) atoms.